The number of benzene rings is 1. The summed E-state index contributed by atoms with van der Waals surface area (Å²) in [5.41, 5.74) is 0.603. The van der Waals surface area contributed by atoms with Crippen molar-refractivity contribution in [2.45, 2.75) is 13.1 Å². The van der Waals surface area contributed by atoms with Crippen molar-refractivity contribution in [3.05, 3.63) is 30.3 Å². The first-order valence-corrected chi connectivity index (χ1v) is 5.05. The van der Waals surface area contributed by atoms with E-state index in [2.05, 4.69) is 6.58 Å². The molecule has 1 aromatic carbocycles. The van der Waals surface area contributed by atoms with Crippen LogP contribution in [0.25, 0.3) is 6.08 Å². The summed E-state index contributed by atoms with van der Waals surface area (Å²) >= 11 is 0. The Hall–Kier alpha value is -1.65. The normalized spacial score (nSPS) is 11.1. The Morgan fingerprint density at radius 3 is 2.53 bits per heavy atom. The molecule has 0 unspecified atom stereocenters. The molecule has 0 fully saturated rings. The second kappa shape index (κ2) is 5.61. The fourth-order valence-electron chi connectivity index (χ4n) is 1.27. The summed E-state index contributed by atoms with van der Waals surface area (Å²) in [4.78, 5) is 0. The van der Waals surface area contributed by atoms with Crippen LogP contribution < -0.4 is 9.47 Å². The summed E-state index contributed by atoms with van der Waals surface area (Å²) in [7, 11) is 0. The molecule has 0 amide bonds. The molecule has 2 nitrogen and oxygen atoms in total. The van der Waals surface area contributed by atoms with Crippen LogP contribution in [0.2, 0.25) is 0 Å². The maximum Gasteiger partial charge on any atom is 0.422 e. The molecule has 94 valence electrons. The first-order valence-electron chi connectivity index (χ1n) is 5.05. The Morgan fingerprint density at radius 1 is 1.29 bits per heavy atom. The van der Waals surface area contributed by atoms with Crippen molar-refractivity contribution < 1.29 is 22.6 Å². The van der Waals surface area contributed by atoms with E-state index in [1.807, 2.05) is 0 Å². The molecular formula is C12H13F3O2. The van der Waals surface area contributed by atoms with Gasteiger partial charge < -0.3 is 9.47 Å². The Kier molecular flexibility index (Phi) is 4.43. The van der Waals surface area contributed by atoms with Gasteiger partial charge in [0.2, 0.25) is 0 Å². The van der Waals surface area contributed by atoms with Gasteiger partial charge in [-0.15, -0.1) is 0 Å². The molecule has 17 heavy (non-hydrogen) atoms. The van der Waals surface area contributed by atoms with E-state index in [9.17, 15) is 13.2 Å². The SMILES string of the molecule is C=Cc1cccc(OCC(F)(F)F)c1OCC. The van der Waals surface area contributed by atoms with Crippen molar-refractivity contribution in [3.8, 4) is 11.5 Å². The standard InChI is InChI=1S/C12H13F3O2/c1-3-9-6-5-7-10(11(9)16-4-2)17-8-12(13,14)15/h3,5-7H,1,4,8H2,2H3. The van der Waals surface area contributed by atoms with E-state index in [4.69, 9.17) is 9.47 Å². The third kappa shape index (κ3) is 4.01. The highest BCUT2D eigenvalue weighted by molar-refractivity contribution is 5.61. The van der Waals surface area contributed by atoms with Gasteiger partial charge in [0.05, 0.1) is 6.61 Å². The van der Waals surface area contributed by atoms with Crippen molar-refractivity contribution in [2.24, 2.45) is 0 Å². The highest BCUT2D eigenvalue weighted by atomic mass is 19.4. The zero-order chi connectivity index (χ0) is 12.9. The molecule has 0 atom stereocenters. The Balaban J connectivity index is 2.93. The first-order chi connectivity index (χ1) is 7.98. The lowest BCUT2D eigenvalue weighted by Gasteiger charge is -2.15. The average molecular weight is 246 g/mol. The molecule has 1 aromatic rings. The number of halogens is 3. The molecule has 0 aliphatic heterocycles. The molecule has 0 aromatic heterocycles. The van der Waals surface area contributed by atoms with Gasteiger partial charge in [-0.25, -0.2) is 0 Å². The van der Waals surface area contributed by atoms with Crippen LogP contribution in [0.3, 0.4) is 0 Å². The monoisotopic (exact) mass is 246 g/mol. The van der Waals surface area contributed by atoms with Crippen molar-refractivity contribution in [1.82, 2.24) is 0 Å². The smallest absolute Gasteiger partial charge is 0.422 e. The van der Waals surface area contributed by atoms with Gasteiger partial charge in [0.15, 0.2) is 18.1 Å². The molecule has 1 rings (SSSR count). The van der Waals surface area contributed by atoms with E-state index < -0.39 is 12.8 Å². The molecule has 0 heterocycles. The van der Waals surface area contributed by atoms with Crippen LogP contribution >= 0.6 is 0 Å². The Bertz CT molecular complexity index is 386. The number of hydrogen-bond donors (Lipinski definition) is 0. The zero-order valence-electron chi connectivity index (χ0n) is 9.38. The van der Waals surface area contributed by atoms with Gasteiger partial charge in [0, 0.05) is 5.56 Å². The molecule has 0 aliphatic rings. The van der Waals surface area contributed by atoms with E-state index in [0.29, 0.717) is 12.2 Å². The number of ether oxygens (including phenoxy) is 2. The Morgan fingerprint density at radius 2 is 2.00 bits per heavy atom. The number of alkyl halides is 3. The van der Waals surface area contributed by atoms with E-state index in [-0.39, 0.29) is 11.5 Å². The minimum atomic E-state index is -4.37. The fraction of sp³-hybridized carbons (Fsp3) is 0.333. The predicted octanol–water partition coefficient (Wildman–Crippen LogP) is 3.67. The summed E-state index contributed by atoms with van der Waals surface area (Å²) < 4.78 is 46.1. The minimum absolute atomic E-state index is 0.0709. The molecule has 5 heteroatoms. The molecule has 0 bridgehead atoms. The van der Waals surface area contributed by atoms with Crippen LogP contribution in [0.5, 0.6) is 11.5 Å². The third-order valence-corrected chi connectivity index (χ3v) is 1.91. The van der Waals surface area contributed by atoms with Crippen molar-refractivity contribution >= 4 is 6.08 Å². The highest BCUT2D eigenvalue weighted by Crippen LogP contribution is 2.33. The molecule has 0 saturated heterocycles. The number of hydrogen-bond acceptors (Lipinski definition) is 2. The van der Waals surface area contributed by atoms with E-state index in [1.165, 1.54) is 12.1 Å². The summed E-state index contributed by atoms with van der Waals surface area (Å²) in [6, 6.07) is 4.72. The largest absolute Gasteiger partial charge is 0.489 e. The average Bonchev–Trinajstić information content (AvgIpc) is 2.27. The van der Waals surface area contributed by atoms with Gasteiger partial charge in [-0.2, -0.15) is 13.2 Å². The van der Waals surface area contributed by atoms with Gasteiger partial charge in [-0.3, -0.25) is 0 Å². The van der Waals surface area contributed by atoms with Gasteiger partial charge in [0.25, 0.3) is 0 Å². The highest BCUT2D eigenvalue weighted by Gasteiger charge is 2.29. The molecule has 0 saturated carbocycles. The quantitative estimate of drug-likeness (QED) is 0.789. The maximum absolute atomic E-state index is 12.1. The van der Waals surface area contributed by atoms with Crippen LogP contribution in [-0.2, 0) is 0 Å². The predicted molar refractivity (Wildman–Crippen MR) is 59.3 cm³/mol. The van der Waals surface area contributed by atoms with Crippen LogP contribution in [0.15, 0.2) is 24.8 Å². The topological polar surface area (TPSA) is 18.5 Å². The van der Waals surface area contributed by atoms with Crippen LogP contribution in [0, 0.1) is 0 Å². The van der Waals surface area contributed by atoms with Crippen LogP contribution in [0.1, 0.15) is 12.5 Å². The second-order valence-corrected chi connectivity index (χ2v) is 3.22. The van der Waals surface area contributed by atoms with Crippen molar-refractivity contribution in [2.75, 3.05) is 13.2 Å². The molecule has 0 aliphatic carbocycles. The summed E-state index contributed by atoms with van der Waals surface area (Å²) in [6.45, 7) is 4.31. The maximum atomic E-state index is 12.1. The van der Waals surface area contributed by atoms with Gasteiger partial charge in [0.1, 0.15) is 0 Å². The number of para-hydroxylation sites is 1. The molecular weight excluding hydrogens is 233 g/mol. The zero-order valence-corrected chi connectivity index (χ0v) is 9.38. The number of rotatable bonds is 5. The molecule has 0 radical (unpaired) electrons. The van der Waals surface area contributed by atoms with Crippen LogP contribution in [0.4, 0.5) is 13.2 Å². The Labute approximate surface area is 97.7 Å². The van der Waals surface area contributed by atoms with Gasteiger partial charge in [-0.05, 0) is 13.0 Å². The van der Waals surface area contributed by atoms with Gasteiger partial charge >= 0.3 is 6.18 Å². The van der Waals surface area contributed by atoms with Crippen molar-refractivity contribution in [1.29, 1.82) is 0 Å². The lowest BCUT2D eigenvalue weighted by molar-refractivity contribution is -0.153. The molecule has 0 N–H and O–H groups in total. The third-order valence-electron chi connectivity index (χ3n) is 1.91. The lowest BCUT2D eigenvalue weighted by atomic mass is 10.2. The van der Waals surface area contributed by atoms with Crippen LogP contribution in [-0.4, -0.2) is 19.4 Å². The second-order valence-electron chi connectivity index (χ2n) is 3.22. The first kappa shape index (κ1) is 13.4. The molecule has 0 spiro atoms. The van der Waals surface area contributed by atoms with E-state index in [0.717, 1.165) is 0 Å². The lowest BCUT2D eigenvalue weighted by Crippen LogP contribution is -2.19. The van der Waals surface area contributed by atoms with Gasteiger partial charge in [-0.1, -0.05) is 24.8 Å². The van der Waals surface area contributed by atoms with E-state index >= 15 is 0 Å². The fourth-order valence-corrected chi connectivity index (χ4v) is 1.27. The van der Waals surface area contributed by atoms with E-state index in [1.54, 1.807) is 19.1 Å². The van der Waals surface area contributed by atoms with Crippen molar-refractivity contribution in [3.63, 3.8) is 0 Å². The summed E-state index contributed by atoms with van der Waals surface area (Å²) in [5.74, 6) is 0.357. The minimum Gasteiger partial charge on any atom is -0.489 e. The summed E-state index contributed by atoms with van der Waals surface area (Å²) in [6.07, 6.45) is -2.86. The summed E-state index contributed by atoms with van der Waals surface area (Å²) in [5, 5.41) is 0.